The first-order valence-corrected chi connectivity index (χ1v) is 15.6. The number of fused-ring (bicyclic) bond motifs is 2. The van der Waals surface area contributed by atoms with Crippen molar-refractivity contribution in [3.8, 4) is 0 Å². The van der Waals surface area contributed by atoms with Crippen molar-refractivity contribution in [3.05, 3.63) is 96.1 Å². The Morgan fingerprint density at radius 2 is 1.71 bits per heavy atom. The van der Waals surface area contributed by atoms with Crippen LogP contribution >= 0.6 is 0 Å². The second kappa shape index (κ2) is 13.0. The van der Waals surface area contributed by atoms with Crippen LogP contribution < -0.4 is 5.32 Å². The Morgan fingerprint density at radius 3 is 2.44 bits per heavy atom. The maximum atomic E-state index is 14.6. The van der Waals surface area contributed by atoms with Crippen molar-refractivity contribution in [1.29, 1.82) is 0 Å². The molecule has 3 amide bonds. The summed E-state index contributed by atoms with van der Waals surface area (Å²) in [7, 11) is 0. The van der Waals surface area contributed by atoms with E-state index in [4.69, 9.17) is 9.47 Å². The van der Waals surface area contributed by atoms with Crippen LogP contribution in [0.4, 0.5) is 0 Å². The molecule has 10 heteroatoms. The summed E-state index contributed by atoms with van der Waals surface area (Å²) in [4.78, 5) is 59.0. The van der Waals surface area contributed by atoms with Gasteiger partial charge in [-0.25, -0.2) is 0 Å². The van der Waals surface area contributed by atoms with Crippen LogP contribution in [-0.4, -0.2) is 82.1 Å². The molecule has 2 saturated heterocycles. The average Bonchev–Trinajstić information content (AvgIpc) is 3.69. The predicted octanol–water partition coefficient (Wildman–Crippen LogP) is 2.69. The second-order valence-electron chi connectivity index (χ2n) is 12.1. The molecule has 0 aromatic heterocycles. The van der Waals surface area contributed by atoms with Crippen LogP contribution in [0, 0.1) is 11.8 Å². The number of likely N-dealkylation sites (tertiary alicyclic amines) is 1. The van der Waals surface area contributed by atoms with Gasteiger partial charge in [-0.05, 0) is 30.9 Å². The number of carbonyl (C=O) groups is 4. The Morgan fingerprint density at radius 1 is 0.978 bits per heavy atom. The van der Waals surface area contributed by atoms with Crippen LogP contribution in [0.1, 0.15) is 43.4 Å². The number of cyclic esters (lactones) is 1. The summed E-state index contributed by atoms with van der Waals surface area (Å²) in [5, 5.41) is 12.7. The van der Waals surface area contributed by atoms with Gasteiger partial charge in [0.25, 0.3) is 0 Å². The Labute approximate surface area is 262 Å². The molecule has 2 aromatic carbocycles. The molecule has 2 fully saturated rings. The quantitative estimate of drug-likeness (QED) is 0.379. The van der Waals surface area contributed by atoms with Gasteiger partial charge in [-0.3, -0.25) is 19.2 Å². The lowest BCUT2D eigenvalue weighted by molar-refractivity contribution is -0.161. The number of amides is 3. The number of aliphatic hydroxyl groups excluding tert-OH is 1. The molecule has 0 unspecified atom stereocenters. The number of hydrogen-bond acceptors (Lipinski definition) is 7. The third-order valence-electron chi connectivity index (χ3n) is 9.21. The molecule has 0 radical (unpaired) electrons. The lowest BCUT2D eigenvalue weighted by atomic mass is 9.74. The molecule has 2 aromatic rings. The topological polar surface area (TPSA) is 125 Å². The zero-order valence-corrected chi connectivity index (χ0v) is 25.3. The number of benzene rings is 2. The number of allylic oxidation sites excluding steroid dienone is 1. The van der Waals surface area contributed by atoms with Gasteiger partial charge < -0.3 is 29.7 Å². The molecule has 6 rings (SSSR count). The van der Waals surface area contributed by atoms with E-state index in [0.29, 0.717) is 18.5 Å². The van der Waals surface area contributed by atoms with E-state index in [2.05, 4.69) is 5.32 Å². The molecule has 7 atom stereocenters. The summed E-state index contributed by atoms with van der Waals surface area (Å²) in [6.45, 7) is 2.31. The van der Waals surface area contributed by atoms with Crippen LogP contribution in [0.15, 0.2) is 85.0 Å². The lowest BCUT2D eigenvalue weighted by Crippen LogP contribution is -2.55. The highest BCUT2D eigenvalue weighted by molar-refractivity contribution is 5.99. The van der Waals surface area contributed by atoms with Crippen LogP contribution in [0.2, 0.25) is 0 Å². The molecule has 0 saturated carbocycles. The summed E-state index contributed by atoms with van der Waals surface area (Å²) in [6, 6.07) is 17.2. The number of ether oxygens (including phenoxy) is 2. The molecular formula is C35H39N3O7. The first kappa shape index (κ1) is 30.7. The van der Waals surface area contributed by atoms with E-state index in [1.165, 1.54) is 4.90 Å². The highest BCUT2D eigenvalue weighted by Gasteiger charge is 2.73. The van der Waals surface area contributed by atoms with E-state index in [-0.39, 0.29) is 50.3 Å². The van der Waals surface area contributed by atoms with Gasteiger partial charge in [0.2, 0.25) is 17.7 Å². The highest BCUT2D eigenvalue weighted by atomic mass is 16.6. The van der Waals surface area contributed by atoms with Crippen LogP contribution in [-0.2, 0) is 35.2 Å². The average molecular weight is 614 g/mol. The smallest absolute Gasteiger partial charge is 0.313 e. The zero-order valence-electron chi connectivity index (χ0n) is 25.3. The number of esters is 1. The van der Waals surface area contributed by atoms with E-state index in [1.807, 2.05) is 72.8 Å². The third kappa shape index (κ3) is 5.80. The van der Waals surface area contributed by atoms with Crippen molar-refractivity contribution in [2.24, 2.45) is 11.8 Å². The standard InChI is InChI=1S/C35H39N3O7/c1-23-30(25-14-7-3-8-15-25)44-34(43)28-26-17-18-35(45-26)29(28)32(41)38(20-11-21-39)31(35)33(42)37(22-24-12-5-2-6-13-24)19-10-4-9-16-27(40)36-23/h2-8,10,12-15,17-18,23,26,28-31,39H,9,11,16,19-22H2,1H3,(H,36,40)/b10-4-/t23-,26+,28-,29-,30+,31+,35-/m1/s1. The van der Waals surface area contributed by atoms with Gasteiger partial charge in [0.05, 0.1) is 18.1 Å². The molecule has 1 spiro atoms. The van der Waals surface area contributed by atoms with Crippen molar-refractivity contribution < 1.29 is 33.8 Å². The highest BCUT2D eigenvalue weighted by Crippen LogP contribution is 2.56. The fourth-order valence-corrected chi connectivity index (χ4v) is 7.15. The first-order valence-electron chi connectivity index (χ1n) is 15.6. The largest absolute Gasteiger partial charge is 0.455 e. The fourth-order valence-electron chi connectivity index (χ4n) is 7.15. The van der Waals surface area contributed by atoms with Gasteiger partial charge in [-0.15, -0.1) is 0 Å². The Balaban J connectivity index is 1.41. The van der Waals surface area contributed by atoms with Gasteiger partial charge in [0.1, 0.15) is 23.7 Å². The molecule has 2 N–H and O–H groups in total. The van der Waals surface area contributed by atoms with Crippen molar-refractivity contribution in [2.45, 2.75) is 62.6 Å². The summed E-state index contributed by atoms with van der Waals surface area (Å²) in [6.07, 6.45) is 6.66. The Hall–Kier alpha value is -4.28. The first-order chi connectivity index (χ1) is 21.8. The number of hydrogen-bond donors (Lipinski definition) is 2. The minimum Gasteiger partial charge on any atom is -0.455 e. The minimum absolute atomic E-state index is 0.137. The molecule has 236 valence electrons. The zero-order chi connectivity index (χ0) is 31.6. The monoisotopic (exact) mass is 613 g/mol. The third-order valence-corrected chi connectivity index (χ3v) is 9.21. The Kier molecular flexibility index (Phi) is 8.87. The number of nitrogens with zero attached hydrogens (tertiary/aromatic N) is 2. The molecule has 4 heterocycles. The van der Waals surface area contributed by atoms with E-state index < -0.39 is 47.7 Å². The van der Waals surface area contributed by atoms with Gasteiger partial charge >= 0.3 is 5.97 Å². The van der Waals surface area contributed by atoms with Crippen LogP contribution in [0.25, 0.3) is 0 Å². The van der Waals surface area contributed by atoms with Crippen LogP contribution in [0.3, 0.4) is 0 Å². The molecule has 0 aliphatic carbocycles. The van der Waals surface area contributed by atoms with Gasteiger partial charge in [-0.1, -0.05) is 85.0 Å². The molecule has 5 bridgehead atoms. The van der Waals surface area contributed by atoms with Crippen molar-refractivity contribution in [3.63, 3.8) is 0 Å². The lowest BCUT2D eigenvalue weighted by Gasteiger charge is -2.36. The molecule has 45 heavy (non-hydrogen) atoms. The van der Waals surface area contributed by atoms with Gasteiger partial charge in [0.15, 0.2) is 0 Å². The molecule has 10 nitrogen and oxygen atoms in total. The second-order valence-corrected chi connectivity index (χ2v) is 12.1. The fraction of sp³-hybridized carbons (Fsp3) is 0.429. The van der Waals surface area contributed by atoms with E-state index >= 15 is 0 Å². The summed E-state index contributed by atoms with van der Waals surface area (Å²) in [5.74, 6) is -3.45. The van der Waals surface area contributed by atoms with E-state index in [0.717, 1.165) is 5.56 Å². The van der Waals surface area contributed by atoms with Crippen molar-refractivity contribution in [2.75, 3.05) is 19.7 Å². The number of carbonyl (C=O) groups excluding carboxylic acids is 4. The van der Waals surface area contributed by atoms with Gasteiger partial charge in [-0.2, -0.15) is 0 Å². The van der Waals surface area contributed by atoms with Crippen LogP contribution in [0.5, 0.6) is 0 Å². The van der Waals surface area contributed by atoms with E-state index in [1.54, 1.807) is 24.0 Å². The molecular weight excluding hydrogens is 574 g/mol. The summed E-state index contributed by atoms with van der Waals surface area (Å²) < 4.78 is 12.6. The number of rotatable bonds is 6. The summed E-state index contributed by atoms with van der Waals surface area (Å²) in [5.41, 5.74) is 0.268. The maximum absolute atomic E-state index is 14.6. The number of aliphatic hydroxyl groups is 1. The molecule has 4 aliphatic heterocycles. The van der Waals surface area contributed by atoms with Gasteiger partial charge in [0, 0.05) is 32.7 Å². The summed E-state index contributed by atoms with van der Waals surface area (Å²) >= 11 is 0. The normalized spacial score (nSPS) is 32.4. The van der Waals surface area contributed by atoms with Crippen molar-refractivity contribution >= 4 is 23.7 Å². The Bertz CT molecular complexity index is 1480. The maximum Gasteiger partial charge on any atom is 0.313 e. The predicted molar refractivity (Wildman–Crippen MR) is 164 cm³/mol. The minimum atomic E-state index is -1.35. The molecule has 4 aliphatic rings. The van der Waals surface area contributed by atoms with E-state index in [9.17, 15) is 24.3 Å². The number of nitrogens with one attached hydrogen (secondary N) is 1. The SMILES string of the molecule is C[C@H]1NC(=O)CC/C=C\CN(Cc2ccccc2)C(=O)[C@@H]2N(CCCO)C(=O)[C@H]3[C@H](C(=O)O[C@@H]1c1ccccc1)[C@@H]1C=C[C@]23O1. The van der Waals surface area contributed by atoms with Crippen molar-refractivity contribution in [1.82, 2.24) is 15.1 Å².